The Bertz CT molecular complexity index is 907. The van der Waals surface area contributed by atoms with E-state index in [1.807, 2.05) is 54.6 Å². The number of amides is 1. The number of rotatable bonds is 8. The molecule has 4 heteroatoms. The van der Waals surface area contributed by atoms with Crippen LogP contribution in [-0.2, 0) is 11.2 Å². The van der Waals surface area contributed by atoms with E-state index < -0.39 is 6.10 Å². The van der Waals surface area contributed by atoms with Crippen LogP contribution in [0.25, 0.3) is 10.8 Å². The Morgan fingerprint density at radius 2 is 1.74 bits per heavy atom. The van der Waals surface area contributed by atoms with Crippen molar-refractivity contribution in [1.29, 1.82) is 0 Å². The Kier molecular flexibility index (Phi) is 6.31. The smallest absolute Gasteiger partial charge is 0.260 e. The van der Waals surface area contributed by atoms with Crippen LogP contribution in [-0.4, -0.2) is 25.2 Å². The van der Waals surface area contributed by atoms with Gasteiger partial charge in [-0.3, -0.25) is 4.79 Å². The van der Waals surface area contributed by atoms with Gasteiger partial charge in [0.15, 0.2) is 6.10 Å². The second-order valence-electron chi connectivity index (χ2n) is 6.37. The topological polar surface area (TPSA) is 47.6 Å². The summed E-state index contributed by atoms with van der Waals surface area (Å²) in [4.78, 5) is 12.2. The highest BCUT2D eigenvalue weighted by Gasteiger charge is 2.15. The first-order valence-corrected chi connectivity index (χ1v) is 9.31. The molecule has 0 fully saturated rings. The van der Waals surface area contributed by atoms with E-state index in [-0.39, 0.29) is 5.91 Å². The minimum absolute atomic E-state index is 0.150. The largest absolute Gasteiger partial charge is 0.492 e. The van der Waals surface area contributed by atoms with Crippen molar-refractivity contribution in [1.82, 2.24) is 5.32 Å². The number of carbonyl (C=O) groups excluding carboxylic acids is 1. The zero-order valence-corrected chi connectivity index (χ0v) is 15.8. The third kappa shape index (κ3) is 5.00. The predicted octanol–water partition coefficient (Wildman–Crippen LogP) is 4.36. The van der Waals surface area contributed by atoms with E-state index in [0.717, 1.165) is 28.9 Å². The minimum atomic E-state index is -0.557. The van der Waals surface area contributed by atoms with Crippen molar-refractivity contribution in [2.75, 3.05) is 13.2 Å². The van der Waals surface area contributed by atoms with Gasteiger partial charge in [0.2, 0.25) is 0 Å². The normalized spacial score (nSPS) is 11.8. The molecule has 3 aromatic rings. The molecule has 3 rings (SSSR count). The summed E-state index contributed by atoms with van der Waals surface area (Å²) in [6.07, 6.45) is 0.308. The molecule has 1 N–H and O–H groups in total. The van der Waals surface area contributed by atoms with Crippen molar-refractivity contribution in [3.8, 4) is 11.5 Å². The van der Waals surface area contributed by atoms with Gasteiger partial charge in [0.25, 0.3) is 5.91 Å². The van der Waals surface area contributed by atoms with Crippen molar-refractivity contribution in [2.45, 2.75) is 26.4 Å². The molecule has 0 spiro atoms. The number of hydrogen-bond donors (Lipinski definition) is 1. The average molecular weight is 363 g/mol. The maximum Gasteiger partial charge on any atom is 0.260 e. The van der Waals surface area contributed by atoms with Gasteiger partial charge < -0.3 is 14.8 Å². The zero-order valence-electron chi connectivity index (χ0n) is 15.8. The van der Waals surface area contributed by atoms with E-state index in [4.69, 9.17) is 9.47 Å². The lowest BCUT2D eigenvalue weighted by molar-refractivity contribution is -0.127. The van der Waals surface area contributed by atoms with Crippen molar-refractivity contribution < 1.29 is 14.3 Å². The van der Waals surface area contributed by atoms with Crippen LogP contribution in [0.15, 0.2) is 66.7 Å². The van der Waals surface area contributed by atoms with E-state index in [1.54, 1.807) is 6.92 Å². The lowest BCUT2D eigenvalue weighted by atomic mass is 10.1. The van der Waals surface area contributed by atoms with Crippen LogP contribution in [0.2, 0.25) is 0 Å². The molecular weight excluding hydrogens is 338 g/mol. The summed E-state index contributed by atoms with van der Waals surface area (Å²) >= 11 is 0. The molecule has 0 aliphatic rings. The van der Waals surface area contributed by atoms with Crippen molar-refractivity contribution in [2.24, 2.45) is 0 Å². The van der Waals surface area contributed by atoms with E-state index in [0.29, 0.717) is 13.2 Å². The van der Waals surface area contributed by atoms with Crippen LogP contribution >= 0.6 is 0 Å². The van der Waals surface area contributed by atoms with Crippen molar-refractivity contribution in [3.63, 3.8) is 0 Å². The maximum absolute atomic E-state index is 12.2. The molecule has 0 unspecified atom stereocenters. The highest BCUT2D eigenvalue weighted by molar-refractivity contribution is 5.83. The molecule has 1 amide bonds. The molecule has 1 atom stereocenters. The van der Waals surface area contributed by atoms with E-state index in [1.165, 1.54) is 5.39 Å². The number of nitrogens with one attached hydrogen (secondary N) is 1. The number of fused-ring (bicyclic) bond motifs is 1. The van der Waals surface area contributed by atoms with Gasteiger partial charge in [-0.1, -0.05) is 55.5 Å². The fraction of sp³-hybridized carbons (Fsp3) is 0.261. The molecular formula is C23H25NO3. The first kappa shape index (κ1) is 18.8. The van der Waals surface area contributed by atoms with Gasteiger partial charge in [-0.2, -0.15) is 0 Å². The summed E-state index contributed by atoms with van der Waals surface area (Å²) < 4.78 is 11.6. The van der Waals surface area contributed by atoms with Crippen molar-refractivity contribution >= 4 is 16.7 Å². The van der Waals surface area contributed by atoms with Crippen LogP contribution in [0.4, 0.5) is 0 Å². The van der Waals surface area contributed by atoms with Gasteiger partial charge >= 0.3 is 0 Å². The summed E-state index contributed by atoms with van der Waals surface area (Å²) in [6.45, 7) is 4.65. The summed E-state index contributed by atoms with van der Waals surface area (Å²) in [5, 5.41) is 5.17. The van der Waals surface area contributed by atoms with Crippen LogP contribution < -0.4 is 14.8 Å². The Morgan fingerprint density at radius 1 is 1.00 bits per heavy atom. The molecule has 0 aliphatic carbocycles. The number of benzene rings is 3. The molecule has 0 bridgehead atoms. The molecule has 0 aromatic heterocycles. The summed E-state index contributed by atoms with van der Waals surface area (Å²) in [5.74, 6) is 1.40. The third-order valence-electron chi connectivity index (χ3n) is 4.42. The third-order valence-corrected chi connectivity index (χ3v) is 4.42. The number of carbonyl (C=O) groups is 1. The standard InChI is InChI=1S/C23H25NO3/c1-3-18-8-6-7-11-22(18)27-17(2)23(25)24-14-15-26-21-13-12-19-9-4-5-10-20(19)16-21/h4-13,16-17H,3,14-15H2,1-2H3,(H,24,25)/t17-/m0/s1. The first-order chi connectivity index (χ1) is 13.2. The molecule has 4 nitrogen and oxygen atoms in total. The van der Waals surface area contributed by atoms with Gasteiger partial charge in [-0.15, -0.1) is 0 Å². The Labute approximate surface area is 160 Å². The predicted molar refractivity (Wildman–Crippen MR) is 108 cm³/mol. The number of ether oxygens (including phenoxy) is 2. The fourth-order valence-electron chi connectivity index (χ4n) is 2.90. The van der Waals surface area contributed by atoms with Gasteiger partial charge in [0.1, 0.15) is 18.1 Å². The van der Waals surface area contributed by atoms with Gasteiger partial charge in [-0.05, 0) is 47.9 Å². The number of aryl methyl sites for hydroxylation is 1. The molecule has 0 saturated heterocycles. The van der Waals surface area contributed by atoms with Crippen LogP contribution in [0, 0.1) is 0 Å². The summed E-state index contributed by atoms with van der Waals surface area (Å²) in [6, 6.07) is 21.9. The van der Waals surface area contributed by atoms with Crippen molar-refractivity contribution in [3.05, 3.63) is 72.3 Å². The average Bonchev–Trinajstić information content (AvgIpc) is 2.71. The van der Waals surface area contributed by atoms with Gasteiger partial charge in [0, 0.05) is 0 Å². The Balaban J connectivity index is 1.45. The van der Waals surface area contributed by atoms with E-state index in [2.05, 4.69) is 24.4 Å². The number of hydrogen-bond acceptors (Lipinski definition) is 3. The molecule has 140 valence electrons. The van der Waals surface area contributed by atoms with Gasteiger partial charge in [0.05, 0.1) is 6.54 Å². The van der Waals surface area contributed by atoms with E-state index >= 15 is 0 Å². The lowest BCUT2D eigenvalue weighted by Crippen LogP contribution is -2.38. The maximum atomic E-state index is 12.2. The second kappa shape index (κ2) is 9.08. The van der Waals surface area contributed by atoms with Crippen LogP contribution in [0.5, 0.6) is 11.5 Å². The first-order valence-electron chi connectivity index (χ1n) is 9.31. The zero-order chi connectivity index (χ0) is 19.1. The fourth-order valence-corrected chi connectivity index (χ4v) is 2.90. The molecule has 3 aromatic carbocycles. The number of para-hydroxylation sites is 1. The summed E-state index contributed by atoms with van der Waals surface area (Å²) in [7, 11) is 0. The molecule has 27 heavy (non-hydrogen) atoms. The Hall–Kier alpha value is -3.01. The van der Waals surface area contributed by atoms with Gasteiger partial charge in [-0.25, -0.2) is 0 Å². The lowest BCUT2D eigenvalue weighted by Gasteiger charge is -2.17. The molecule has 0 saturated carbocycles. The molecule has 0 heterocycles. The van der Waals surface area contributed by atoms with Crippen LogP contribution in [0.1, 0.15) is 19.4 Å². The molecule has 0 aliphatic heterocycles. The second-order valence-corrected chi connectivity index (χ2v) is 6.37. The monoisotopic (exact) mass is 363 g/mol. The highest BCUT2D eigenvalue weighted by atomic mass is 16.5. The summed E-state index contributed by atoms with van der Waals surface area (Å²) in [5.41, 5.74) is 1.09. The van der Waals surface area contributed by atoms with E-state index in [9.17, 15) is 4.79 Å². The highest BCUT2D eigenvalue weighted by Crippen LogP contribution is 2.21. The minimum Gasteiger partial charge on any atom is -0.492 e. The Morgan fingerprint density at radius 3 is 2.56 bits per heavy atom. The van der Waals surface area contributed by atoms with Crippen LogP contribution in [0.3, 0.4) is 0 Å². The molecule has 0 radical (unpaired) electrons. The quantitative estimate of drug-likeness (QED) is 0.605. The SMILES string of the molecule is CCc1ccccc1O[C@@H](C)C(=O)NCCOc1ccc2ccccc2c1.